The van der Waals surface area contributed by atoms with Gasteiger partial charge in [-0.3, -0.25) is 0 Å². The van der Waals surface area contributed by atoms with E-state index in [0.717, 1.165) is 42.8 Å². The first kappa shape index (κ1) is 14.5. The monoisotopic (exact) mass is 349 g/mol. The second-order valence-corrected chi connectivity index (χ2v) is 6.37. The fourth-order valence-corrected chi connectivity index (χ4v) is 3.33. The molecule has 112 valence electrons. The van der Waals surface area contributed by atoms with Gasteiger partial charge >= 0.3 is 0 Å². The second kappa shape index (κ2) is 6.15. The predicted molar refractivity (Wildman–Crippen MR) is 87.2 cm³/mol. The molecule has 0 spiro atoms. The molecule has 0 amide bonds. The molecule has 3 rings (SSSR count). The first-order valence-corrected chi connectivity index (χ1v) is 8.12. The van der Waals surface area contributed by atoms with Crippen molar-refractivity contribution in [3.8, 4) is 0 Å². The zero-order valence-corrected chi connectivity index (χ0v) is 13.8. The average molecular weight is 350 g/mol. The van der Waals surface area contributed by atoms with E-state index in [9.17, 15) is 0 Å². The van der Waals surface area contributed by atoms with Crippen LogP contribution in [0.25, 0.3) is 0 Å². The zero-order chi connectivity index (χ0) is 14.8. The maximum Gasteiger partial charge on any atom is 0.152 e. The van der Waals surface area contributed by atoms with Crippen LogP contribution in [0.15, 0.2) is 29.0 Å². The third kappa shape index (κ3) is 3.11. The van der Waals surface area contributed by atoms with Gasteiger partial charge in [-0.05, 0) is 46.5 Å². The van der Waals surface area contributed by atoms with Gasteiger partial charge in [0.05, 0.1) is 12.2 Å². The lowest BCUT2D eigenvalue weighted by molar-refractivity contribution is 0.559. The molecule has 2 heterocycles. The van der Waals surface area contributed by atoms with Crippen molar-refractivity contribution in [3.63, 3.8) is 0 Å². The number of hydrogen-bond acceptors (Lipinski definition) is 4. The molecule has 2 N–H and O–H groups in total. The molecule has 1 aliphatic rings. The lowest BCUT2D eigenvalue weighted by atomic mass is 10.0. The third-order valence-corrected chi connectivity index (χ3v) is 4.65. The SMILES string of the molecule is CCC(N)Cc1ccc(N2CCn3cnnc3C2)c(Br)c1. The molecule has 0 bridgehead atoms. The van der Waals surface area contributed by atoms with Gasteiger partial charge in [0.25, 0.3) is 0 Å². The van der Waals surface area contributed by atoms with Crippen LogP contribution in [-0.4, -0.2) is 27.4 Å². The van der Waals surface area contributed by atoms with E-state index in [4.69, 9.17) is 5.73 Å². The molecular weight excluding hydrogens is 330 g/mol. The third-order valence-electron chi connectivity index (χ3n) is 4.01. The summed E-state index contributed by atoms with van der Waals surface area (Å²) in [5, 5.41) is 8.14. The summed E-state index contributed by atoms with van der Waals surface area (Å²) in [6.07, 6.45) is 3.72. The largest absolute Gasteiger partial charge is 0.361 e. The number of hydrogen-bond donors (Lipinski definition) is 1. The smallest absolute Gasteiger partial charge is 0.152 e. The van der Waals surface area contributed by atoms with E-state index in [2.05, 4.69) is 60.7 Å². The van der Waals surface area contributed by atoms with Gasteiger partial charge in [-0.15, -0.1) is 10.2 Å². The van der Waals surface area contributed by atoms with Crippen LogP contribution < -0.4 is 10.6 Å². The molecule has 5 nitrogen and oxygen atoms in total. The number of aromatic nitrogens is 3. The Labute approximate surface area is 133 Å². The van der Waals surface area contributed by atoms with Gasteiger partial charge in [0, 0.05) is 23.6 Å². The van der Waals surface area contributed by atoms with E-state index >= 15 is 0 Å². The van der Waals surface area contributed by atoms with Crippen molar-refractivity contribution in [1.82, 2.24) is 14.8 Å². The Bertz CT molecular complexity index is 624. The fourth-order valence-electron chi connectivity index (χ4n) is 2.65. The summed E-state index contributed by atoms with van der Waals surface area (Å²) >= 11 is 3.70. The molecule has 1 aliphatic heterocycles. The Morgan fingerprint density at radius 3 is 3.00 bits per heavy atom. The van der Waals surface area contributed by atoms with E-state index in [1.54, 1.807) is 6.33 Å². The lowest BCUT2D eigenvalue weighted by Crippen LogP contribution is -2.33. The van der Waals surface area contributed by atoms with Crippen molar-refractivity contribution in [2.24, 2.45) is 5.73 Å². The van der Waals surface area contributed by atoms with Crippen LogP contribution in [0.3, 0.4) is 0 Å². The summed E-state index contributed by atoms with van der Waals surface area (Å²) in [6.45, 7) is 4.82. The van der Waals surface area contributed by atoms with E-state index in [0.29, 0.717) is 0 Å². The second-order valence-electron chi connectivity index (χ2n) is 5.52. The normalized spacial score (nSPS) is 15.9. The van der Waals surface area contributed by atoms with Crippen LogP contribution in [0.2, 0.25) is 0 Å². The average Bonchev–Trinajstić information content (AvgIpc) is 2.94. The topological polar surface area (TPSA) is 60.0 Å². The summed E-state index contributed by atoms with van der Waals surface area (Å²) in [6, 6.07) is 6.77. The van der Waals surface area contributed by atoms with E-state index in [1.165, 1.54) is 11.3 Å². The molecule has 2 aromatic rings. The number of anilines is 1. The van der Waals surface area contributed by atoms with Crippen molar-refractivity contribution in [2.45, 2.75) is 38.9 Å². The van der Waals surface area contributed by atoms with Crippen LogP contribution in [0.5, 0.6) is 0 Å². The Morgan fingerprint density at radius 1 is 1.38 bits per heavy atom. The van der Waals surface area contributed by atoms with Gasteiger partial charge < -0.3 is 15.2 Å². The highest BCUT2D eigenvalue weighted by Gasteiger charge is 2.19. The molecule has 1 aromatic carbocycles. The van der Waals surface area contributed by atoms with Crippen molar-refractivity contribution in [3.05, 3.63) is 40.4 Å². The van der Waals surface area contributed by atoms with E-state index in [-0.39, 0.29) is 6.04 Å². The Hall–Kier alpha value is -1.40. The van der Waals surface area contributed by atoms with Crippen LogP contribution in [-0.2, 0) is 19.5 Å². The van der Waals surface area contributed by atoms with Crippen LogP contribution >= 0.6 is 15.9 Å². The number of nitrogens with two attached hydrogens (primary N) is 1. The predicted octanol–water partition coefficient (Wildman–Crippen LogP) is 2.34. The maximum absolute atomic E-state index is 6.03. The van der Waals surface area contributed by atoms with Crippen LogP contribution in [0.4, 0.5) is 5.69 Å². The van der Waals surface area contributed by atoms with Gasteiger partial charge in [0.2, 0.25) is 0 Å². The quantitative estimate of drug-likeness (QED) is 0.920. The molecule has 0 saturated carbocycles. The van der Waals surface area contributed by atoms with Gasteiger partial charge in [-0.2, -0.15) is 0 Å². The number of benzene rings is 1. The van der Waals surface area contributed by atoms with Gasteiger partial charge in [0.1, 0.15) is 6.33 Å². The number of fused-ring (bicyclic) bond motifs is 1. The molecule has 1 aromatic heterocycles. The van der Waals surface area contributed by atoms with Crippen molar-refractivity contribution in [1.29, 1.82) is 0 Å². The molecule has 1 atom stereocenters. The fraction of sp³-hybridized carbons (Fsp3) is 0.467. The summed E-state index contributed by atoms with van der Waals surface area (Å²) < 4.78 is 3.23. The minimum Gasteiger partial charge on any atom is -0.361 e. The van der Waals surface area contributed by atoms with Gasteiger partial charge in [-0.1, -0.05) is 13.0 Å². The summed E-state index contributed by atoms with van der Waals surface area (Å²) in [5.41, 5.74) is 8.52. The summed E-state index contributed by atoms with van der Waals surface area (Å²) in [4.78, 5) is 2.33. The molecule has 0 saturated heterocycles. The number of nitrogens with zero attached hydrogens (tertiary/aromatic N) is 4. The summed E-state index contributed by atoms with van der Waals surface area (Å²) in [5.74, 6) is 1.02. The molecule has 6 heteroatoms. The molecular formula is C15H20BrN5. The highest BCUT2D eigenvalue weighted by Crippen LogP contribution is 2.30. The van der Waals surface area contributed by atoms with E-state index < -0.39 is 0 Å². The molecule has 21 heavy (non-hydrogen) atoms. The highest BCUT2D eigenvalue weighted by molar-refractivity contribution is 9.10. The van der Waals surface area contributed by atoms with Crippen molar-refractivity contribution >= 4 is 21.6 Å². The Balaban J connectivity index is 1.77. The first-order chi connectivity index (χ1) is 10.2. The van der Waals surface area contributed by atoms with Crippen LogP contribution in [0, 0.1) is 0 Å². The standard InChI is InChI=1S/C15H20BrN5/c1-2-12(17)7-11-3-4-14(13(16)8-11)20-5-6-21-10-18-19-15(21)9-20/h3-4,8,10,12H,2,5-7,9,17H2,1H3. The first-order valence-electron chi connectivity index (χ1n) is 7.33. The Morgan fingerprint density at radius 2 is 2.24 bits per heavy atom. The van der Waals surface area contributed by atoms with Crippen molar-refractivity contribution < 1.29 is 0 Å². The highest BCUT2D eigenvalue weighted by atomic mass is 79.9. The Kier molecular flexibility index (Phi) is 4.26. The minimum atomic E-state index is 0.233. The van der Waals surface area contributed by atoms with Crippen molar-refractivity contribution in [2.75, 3.05) is 11.4 Å². The van der Waals surface area contributed by atoms with Crippen LogP contribution in [0.1, 0.15) is 24.7 Å². The molecule has 1 unspecified atom stereocenters. The number of rotatable bonds is 4. The van der Waals surface area contributed by atoms with E-state index in [1.807, 2.05) is 0 Å². The summed E-state index contributed by atoms with van der Waals surface area (Å²) in [7, 11) is 0. The maximum atomic E-state index is 6.03. The zero-order valence-electron chi connectivity index (χ0n) is 12.2. The lowest BCUT2D eigenvalue weighted by Gasteiger charge is -2.30. The molecule has 0 fully saturated rings. The molecule has 0 aliphatic carbocycles. The van der Waals surface area contributed by atoms with Gasteiger partial charge in [-0.25, -0.2) is 0 Å². The number of halogens is 1. The van der Waals surface area contributed by atoms with Gasteiger partial charge in [0.15, 0.2) is 5.82 Å². The minimum absolute atomic E-state index is 0.233. The molecule has 0 radical (unpaired) electrons.